The highest BCUT2D eigenvalue weighted by Crippen LogP contribution is 2.09. The molecule has 0 amide bonds. The highest BCUT2D eigenvalue weighted by atomic mass is 31.1. The van der Waals surface area contributed by atoms with Crippen LogP contribution in [-0.4, -0.2) is 41.3 Å². The van der Waals surface area contributed by atoms with Crippen molar-refractivity contribution in [2.24, 2.45) is 0 Å². The van der Waals surface area contributed by atoms with Crippen LogP contribution in [0, 0.1) is 0 Å². The molecular weight excluding hydrogens is 213 g/mol. The van der Waals surface area contributed by atoms with Crippen molar-refractivity contribution in [3.63, 3.8) is 0 Å². The zero-order valence-corrected chi connectivity index (χ0v) is 8.32. The second-order valence-corrected chi connectivity index (χ2v) is 2.89. The first-order valence-corrected chi connectivity index (χ1v) is 4.89. The molecule has 0 saturated heterocycles. The lowest BCUT2D eigenvalue weighted by Crippen LogP contribution is -2.15. The van der Waals surface area contributed by atoms with Gasteiger partial charge in [-0.3, -0.25) is 9.66 Å². The fraction of sp³-hybridized carbons (Fsp3) is 0.600. The first-order chi connectivity index (χ1) is 6.45. The summed E-state index contributed by atoms with van der Waals surface area (Å²) in [7, 11) is -3.13. The van der Waals surface area contributed by atoms with Crippen LogP contribution >= 0.6 is 8.25 Å². The Morgan fingerprint density at radius 2 is 2.00 bits per heavy atom. The number of rotatable bonds is 2. The van der Waals surface area contributed by atoms with Crippen LogP contribution < -0.4 is 0 Å². The molecule has 14 heavy (non-hydrogen) atoms. The van der Waals surface area contributed by atoms with Gasteiger partial charge in [0.1, 0.15) is 12.4 Å². The van der Waals surface area contributed by atoms with E-state index in [-0.39, 0.29) is 5.82 Å². The maximum absolute atomic E-state index is 9.09. The van der Waals surface area contributed by atoms with Crippen molar-refractivity contribution in [1.29, 1.82) is 0 Å². The van der Waals surface area contributed by atoms with Gasteiger partial charge in [-0.2, -0.15) is 5.10 Å². The van der Waals surface area contributed by atoms with E-state index in [1.165, 1.54) is 13.3 Å². The van der Waals surface area contributed by atoms with Crippen LogP contribution in [0.3, 0.4) is 0 Å². The van der Waals surface area contributed by atoms with Crippen molar-refractivity contribution in [3.8, 4) is 0 Å². The molecule has 0 aliphatic carbocycles. The molecule has 0 saturated carbocycles. The van der Waals surface area contributed by atoms with Crippen molar-refractivity contribution >= 4 is 8.25 Å². The Balaban J connectivity index is 0.000000364. The SMILES string of the molecule is CC(O)C(O)c1nc[nH]n1.O=[PH](O)O. The largest absolute Gasteiger partial charge is 0.390 e. The minimum Gasteiger partial charge on any atom is -0.390 e. The third-order valence-electron chi connectivity index (χ3n) is 1.16. The standard InChI is InChI=1S/C5H9N3O2.H3O3P/c1-3(9)4(10)5-6-2-7-8-5;1-4(2)3/h2-4,9-10H,1H3,(H,6,7,8);4H,(H2,1,2,3). The molecule has 2 unspecified atom stereocenters. The van der Waals surface area contributed by atoms with E-state index >= 15 is 0 Å². The van der Waals surface area contributed by atoms with Crippen molar-refractivity contribution in [2.45, 2.75) is 19.1 Å². The summed E-state index contributed by atoms with van der Waals surface area (Å²) in [6.07, 6.45) is -0.483. The smallest absolute Gasteiger partial charge is 0.314 e. The Bertz CT molecular complexity index is 260. The molecular formula is C5H12N3O5P. The molecule has 0 aliphatic rings. The number of aromatic amines is 1. The number of aliphatic hydroxyl groups is 2. The molecule has 0 bridgehead atoms. The van der Waals surface area contributed by atoms with Crippen molar-refractivity contribution in [1.82, 2.24) is 15.2 Å². The number of aliphatic hydroxyl groups excluding tert-OH is 2. The molecule has 1 rings (SSSR count). The summed E-state index contributed by atoms with van der Waals surface area (Å²) in [5.41, 5.74) is 0. The third-order valence-corrected chi connectivity index (χ3v) is 1.16. The predicted octanol–water partition coefficient (Wildman–Crippen LogP) is -1.42. The van der Waals surface area contributed by atoms with Crippen molar-refractivity contribution in [3.05, 3.63) is 12.2 Å². The number of nitrogens with one attached hydrogen (secondary N) is 1. The van der Waals surface area contributed by atoms with Crippen LogP contribution in [0.2, 0.25) is 0 Å². The van der Waals surface area contributed by atoms with E-state index in [0.717, 1.165) is 0 Å². The summed E-state index contributed by atoms with van der Waals surface area (Å²) in [5, 5.41) is 24.0. The zero-order chi connectivity index (χ0) is 11.1. The monoisotopic (exact) mass is 225 g/mol. The second kappa shape index (κ2) is 6.63. The number of H-pyrrole nitrogens is 1. The number of hydrogen-bond acceptors (Lipinski definition) is 5. The van der Waals surface area contributed by atoms with Crippen LogP contribution in [0.25, 0.3) is 0 Å². The highest BCUT2D eigenvalue weighted by Gasteiger charge is 2.16. The average molecular weight is 225 g/mol. The number of nitrogens with zero attached hydrogens (tertiary/aromatic N) is 2. The van der Waals surface area contributed by atoms with Crippen molar-refractivity contribution < 1.29 is 24.6 Å². The molecule has 0 fully saturated rings. The lowest BCUT2D eigenvalue weighted by molar-refractivity contribution is 0.0251. The summed E-state index contributed by atoms with van der Waals surface area (Å²) in [5.74, 6) is 0.218. The fourth-order valence-electron chi connectivity index (χ4n) is 0.577. The molecule has 0 spiro atoms. The van der Waals surface area contributed by atoms with Gasteiger partial charge in [0.2, 0.25) is 0 Å². The number of aromatic nitrogens is 3. The maximum atomic E-state index is 9.09. The van der Waals surface area contributed by atoms with Gasteiger partial charge in [0, 0.05) is 0 Å². The van der Waals surface area contributed by atoms with Gasteiger partial charge in [0.25, 0.3) is 0 Å². The minimum absolute atomic E-state index is 0.218. The van der Waals surface area contributed by atoms with E-state index in [1.807, 2.05) is 0 Å². The molecule has 82 valence electrons. The van der Waals surface area contributed by atoms with Crippen LogP contribution in [0.15, 0.2) is 6.33 Å². The van der Waals surface area contributed by atoms with Gasteiger partial charge in [0.15, 0.2) is 5.82 Å². The Morgan fingerprint density at radius 3 is 2.29 bits per heavy atom. The lowest BCUT2D eigenvalue weighted by atomic mass is 10.2. The van der Waals surface area contributed by atoms with Gasteiger partial charge in [-0.15, -0.1) is 0 Å². The molecule has 5 N–H and O–H groups in total. The Labute approximate surface area is 80.2 Å². The second-order valence-electron chi connectivity index (χ2n) is 2.33. The zero-order valence-electron chi connectivity index (χ0n) is 7.32. The Morgan fingerprint density at radius 1 is 1.50 bits per heavy atom. The summed E-state index contributed by atoms with van der Waals surface area (Å²) >= 11 is 0. The molecule has 9 heteroatoms. The van der Waals surface area contributed by atoms with Crippen LogP contribution in [0.5, 0.6) is 0 Å². The number of hydrogen-bond donors (Lipinski definition) is 5. The van der Waals surface area contributed by atoms with Gasteiger partial charge in [0.05, 0.1) is 6.10 Å². The first kappa shape index (κ1) is 13.2. The molecule has 2 atom stereocenters. The summed E-state index contributed by atoms with van der Waals surface area (Å²) in [4.78, 5) is 18.0. The predicted molar refractivity (Wildman–Crippen MR) is 46.5 cm³/mol. The summed E-state index contributed by atoms with van der Waals surface area (Å²) < 4.78 is 8.74. The Kier molecular flexibility index (Phi) is 6.26. The first-order valence-electron chi connectivity index (χ1n) is 3.58. The minimum atomic E-state index is -3.13. The van der Waals surface area contributed by atoms with E-state index in [0.29, 0.717) is 0 Å². The lowest BCUT2D eigenvalue weighted by Gasteiger charge is -2.07. The Hall–Kier alpha value is -0.790. The quantitative estimate of drug-likeness (QED) is 0.389. The molecule has 1 heterocycles. The molecule has 8 nitrogen and oxygen atoms in total. The maximum Gasteiger partial charge on any atom is 0.314 e. The fourth-order valence-corrected chi connectivity index (χ4v) is 0.577. The summed E-state index contributed by atoms with van der Waals surface area (Å²) in [6, 6.07) is 0. The third kappa shape index (κ3) is 5.79. The molecule has 1 aromatic rings. The van der Waals surface area contributed by atoms with Gasteiger partial charge in [-0.05, 0) is 6.92 Å². The van der Waals surface area contributed by atoms with E-state index in [4.69, 9.17) is 24.6 Å². The van der Waals surface area contributed by atoms with Crippen LogP contribution in [-0.2, 0) is 4.57 Å². The van der Waals surface area contributed by atoms with Gasteiger partial charge in [-0.1, -0.05) is 0 Å². The van der Waals surface area contributed by atoms with Crippen molar-refractivity contribution in [2.75, 3.05) is 0 Å². The van der Waals surface area contributed by atoms with E-state index in [2.05, 4.69) is 15.2 Å². The average Bonchev–Trinajstić information content (AvgIpc) is 2.53. The van der Waals surface area contributed by atoms with E-state index in [1.54, 1.807) is 0 Å². The topological polar surface area (TPSA) is 140 Å². The van der Waals surface area contributed by atoms with Crippen LogP contribution in [0.4, 0.5) is 0 Å². The molecule has 1 aromatic heterocycles. The highest BCUT2D eigenvalue weighted by molar-refractivity contribution is 7.30. The molecule has 0 aromatic carbocycles. The van der Waals surface area contributed by atoms with E-state index < -0.39 is 20.5 Å². The normalized spacial score (nSPS) is 14.4. The van der Waals surface area contributed by atoms with Gasteiger partial charge in [-0.25, -0.2) is 4.98 Å². The van der Waals surface area contributed by atoms with Gasteiger partial charge >= 0.3 is 8.25 Å². The summed E-state index contributed by atoms with van der Waals surface area (Å²) in [6.45, 7) is 1.47. The van der Waals surface area contributed by atoms with E-state index in [9.17, 15) is 0 Å². The van der Waals surface area contributed by atoms with Gasteiger partial charge < -0.3 is 20.0 Å². The molecule has 0 radical (unpaired) electrons. The molecule has 0 aliphatic heterocycles. The van der Waals surface area contributed by atoms with Crippen LogP contribution in [0.1, 0.15) is 18.9 Å².